The maximum Gasteiger partial charge on any atom is 0.240 e. The summed E-state index contributed by atoms with van der Waals surface area (Å²) in [5, 5.41) is 0.565. The van der Waals surface area contributed by atoms with Crippen molar-refractivity contribution in [1.82, 2.24) is 24.5 Å². The average molecular weight is 284 g/mol. The van der Waals surface area contributed by atoms with Gasteiger partial charge < -0.3 is 5.73 Å². The highest BCUT2D eigenvalue weighted by molar-refractivity contribution is 7.99. The summed E-state index contributed by atoms with van der Waals surface area (Å²) < 4.78 is 1.69. The van der Waals surface area contributed by atoms with Crippen LogP contribution in [0.4, 0.5) is 5.95 Å². The number of nitrogens with zero attached hydrogens (tertiary/aromatic N) is 5. The van der Waals surface area contributed by atoms with Crippen LogP contribution in [0.25, 0.3) is 5.95 Å². The number of benzene rings is 1. The van der Waals surface area contributed by atoms with Gasteiger partial charge in [-0.1, -0.05) is 18.2 Å². The van der Waals surface area contributed by atoms with Crippen LogP contribution in [0.5, 0.6) is 0 Å². The smallest absolute Gasteiger partial charge is 0.240 e. The second-order valence-corrected chi connectivity index (χ2v) is 5.12. The molecule has 2 aromatic heterocycles. The van der Waals surface area contributed by atoms with Crippen LogP contribution in [-0.2, 0) is 0 Å². The number of rotatable bonds is 3. The van der Waals surface area contributed by atoms with Crippen molar-refractivity contribution in [2.24, 2.45) is 0 Å². The van der Waals surface area contributed by atoms with E-state index in [-0.39, 0.29) is 5.95 Å². The third-order valence-corrected chi connectivity index (χ3v) is 3.69. The van der Waals surface area contributed by atoms with Crippen LogP contribution in [0, 0.1) is 6.92 Å². The number of hydrogen-bond acceptors (Lipinski definition) is 6. The van der Waals surface area contributed by atoms with E-state index < -0.39 is 0 Å². The molecule has 0 saturated carbocycles. The Bertz CT molecular complexity index is 725. The number of nitrogen functional groups attached to an aromatic ring is 1. The van der Waals surface area contributed by atoms with Crippen molar-refractivity contribution >= 4 is 17.7 Å². The lowest BCUT2D eigenvalue weighted by Gasteiger charge is -2.06. The van der Waals surface area contributed by atoms with Crippen molar-refractivity contribution in [2.45, 2.75) is 17.0 Å². The molecule has 20 heavy (non-hydrogen) atoms. The zero-order valence-corrected chi connectivity index (χ0v) is 11.6. The number of aromatic nitrogens is 5. The molecule has 0 aliphatic carbocycles. The molecule has 2 N–H and O–H groups in total. The van der Waals surface area contributed by atoms with Crippen LogP contribution < -0.4 is 5.73 Å². The molecule has 0 spiro atoms. The van der Waals surface area contributed by atoms with Crippen molar-refractivity contribution in [3.05, 3.63) is 48.5 Å². The van der Waals surface area contributed by atoms with Gasteiger partial charge in [0.25, 0.3) is 0 Å². The molecular formula is C13H12N6S. The van der Waals surface area contributed by atoms with E-state index in [1.54, 1.807) is 23.3 Å². The molecule has 0 aliphatic rings. The molecule has 100 valence electrons. The Kier molecular flexibility index (Phi) is 3.34. The van der Waals surface area contributed by atoms with E-state index in [4.69, 9.17) is 5.73 Å². The monoisotopic (exact) mass is 284 g/mol. The quantitative estimate of drug-likeness (QED) is 0.793. The fourth-order valence-electron chi connectivity index (χ4n) is 1.67. The minimum Gasteiger partial charge on any atom is -0.368 e. The Hall–Kier alpha value is -2.41. The van der Waals surface area contributed by atoms with Gasteiger partial charge in [0.15, 0.2) is 5.16 Å². The van der Waals surface area contributed by atoms with E-state index in [9.17, 15) is 0 Å². The van der Waals surface area contributed by atoms with Crippen LogP contribution in [0.3, 0.4) is 0 Å². The number of anilines is 1. The zero-order valence-electron chi connectivity index (χ0n) is 10.8. The first kappa shape index (κ1) is 12.6. The fraction of sp³-hybridized carbons (Fsp3) is 0.0769. The summed E-state index contributed by atoms with van der Waals surface area (Å²) in [5.41, 5.74) is 6.92. The first-order valence-electron chi connectivity index (χ1n) is 5.96. The molecule has 0 radical (unpaired) electrons. The normalized spacial score (nSPS) is 10.7. The lowest BCUT2D eigenvalue weighted by atomic mass is 10.2. The molecule has 0 bridgehead atoms. The zero-order chi connectivity index (χ0) is 13.9. The van der Waals surface area contributed by atoms with E-state index in [1.165, 1.54) is 17.3 Å². The van der Waals surface area contributed by atoms with Crippen LogP contribution >= 0.6 is 11.8 Å². The second kappa shape index (κ2) is 5.30. The molecule has 3 rings (SSSR count). The molecule has 0 aliphatic heterocycles. The minimum absolute atomic E-state index is 0.194. The molecule has 2 heterocycles. The number of aryl methyl sites for hydroxylation is 1. The largest absolute Gasteiger partial charge is 0.368 e. The number of hydrogen-bond donors (Lipinski definition) is 1. The molecule has 1 aromatic carbocycles. The van der Waals surface area contributed by atoms with Crippen LogP contribution in [0.1, 0.15) is 5.56 Å². The molecule has 0 saturated heterocycles. The van der Waals surface area contributed by atoms with Gasteiger partial charge in [-0.3, -0.25) is 4.57 Å². The van der Waals surface area contributed by atoms with Gasteiger partial charge in [-0.25, -0.2) is 4.98 Å². The van der Waals surface area contributed by atoms with Crippen molar-refractivity contribution in [2.75, 3.05) is 5.73 Å². The van der Waals surface area contributed by atoms with Crippen molar-refractivity contribution in [3.8, 4) is 5.95 Å². The predicted molar refractivity (Wildman–Crippen MR) is 76.7 cm³/mol. The average Bonchev–Trinajstić information content (AvgIpc) is 2.95. The maximum absolute atomic E-state index is 5.75. The molecular weight excluding hydrogens is 272 g/mol. The molecule has 0 atom stereocenters. The SMILES string of the molecule is Cc1ccccc1Sc1nc(N)nc(-n2ccnc2)n1. The van der Waals surface area contributed by atoms with E-state index in [2.05, 4.69) is 19.9 Å². The van der Waals surface area contributed by atoms with Crippen LogP contribution in [0.15, 0.2) is 53.0 Å². The van der Waals surface area contributed by atoms with Crippen LogP contribution in [0.2, 0.25) is 0 Å². The van der Waals surface area contributed by atoms with E-state index >= 15 is 0 Å². The Morgan fingerprint density at radius 1 is 1.15 bits per heavy atom. The molecule has 0 fully saturated rings. The van der Waals surface area contributed by atoms with Crippen molar-refractivity contribution in [1.29, 1.82) is 0 Å². The van der Waals surface area contributed by atoms with Crippen molar-refractivity contribution < 1.29 is 0 Å². The molecule has 0 unspecified atom stereocenters. The van der Waals surface area contributed by atoms with Gasteiger partial charge in [-0.2, -0.15) is 15.0 Å². The fourth-order valence-corrected chi connectivity index (χ4v) is 2.51. The maximum atomic E-state index is 5.75. The predicted octanol–water partition coefficient (Wildman–Crippen LogP) is 2.10. The number of nitrogens with two attached hydrogens (primary N) is 1. The number of imidazole rings is 1. The molecule has 6 nitrogen and oxygen atoms in total. The summed E-state index contributed by atoms with van der Waals surface area (Å²) in [5.74, 6) is 0.658. The molecule has 7 heteroatoms. The molecule has 3 aromatic rings. The summed E-state index contributed by atoms with van der Waals surface area (Å²) >= 11 is 1.46. The lowest BCUT2D eigenvalue weighted by Crippen LogP contribution is -2.06. The summed E-state index contributed by atoms with van der Waals surface area (Å²) in [6, 6.07) is 8.05. The van der Waals surface area contributed by atoms with Crippen molar-refractivity contribution in [3.63, 3.8) is 0 Å². The van der Waals surface area contributed by atoms with E-state index in [0.29, 0.717) is 11.1 Å². The minimum atomic E-state index is 0.194. The Labute approximate surface area is 120 Å². The molecule has 0 amide bonds. The lowest BCUT2D eigenvalue weighted by molar-refractivity contribution is 0.832. The van der Waals surface area contributed by atoms with E-state index in [0.717, 1.165) is 4.90 Å². The van der Waals surface area contributed by atoms with Gasteiger partial charge in [0, 0.05) is 17.3 Å². The van der Waals surface area contributed by atoms with Gasteiger partial charge in [-0.05, 0) is 30.3 Å². The van der Waals surface area contributed by atoms with Gasteiger partial charge >= 0.3 is 0 Å². The van der Waals surface area contributed by atoms with Gasteiger partial charge in [0.1, 0.15) is 6.33 Å². The topological polar surface area (TPSA) is 82.5 Å². The second-order valence-electron chi connectivity index (χ2n) is 4.11. The first-order valence-corrected chi connectivity index (χ1v) is 6.77. The van der Waals surface area contributed by atoms with E-state index in [1.807, 2.05) is 31.2 Å². The summed E-state index contributed by atoms with van der Waals surface area (Å²) in [7, 11) is 0. The third kappa shape index (κ3) is 2.62. The first-order chi connectivity index (χ1) is 9.72. The summed E-state index contributed by atoms with van der Waals surface area (Å²) in [4.78, 5) is 17.7. The van der Waals surface area contributed by atoms with Gasteiger partial charge in [0.2, 0.25) is 11.9 Å². The Balaban J connectivity index is 1.97. The standard InChI is InChI=1S/C13H12N6S/c1-9-4-2-3-5-10(9)20-13-17-11(14)16-12(18-13)19-7-6-15-8-19/h2-8H,1H3,(H2,14,16,17,18). The summed E-state index contributed by atoms with van der Waals surface area (Å²) in [6.07, 6.45) is 5.04. The summed E-state index contributed by atoms with van der Waals surface area (Å²) in [6.45, 7) is 2.05. The highest BCUT2D eigenvalue weighted by atomic mass is 32.2. The van der Waals surface area contributed by atoms with Gasteiger partial charge in [0.05, 0.1) is 0 Å². The highest BCUT2D eigenvalue weighted by Crippen LogP contribution is 2.27. The highest BCUT2D eigenvalue weighted by Gasteiger charge is 2.08. The third-order valence-electron chi connectivity index (χ3n) is 2.65. The van der Waals surface area contributed by atoms with Gasteiger partial charge in [-0.15, -0.1) is 0 Å². The Morgan fingerprint density at radius 2 is 2.00 bits per heavy atom. The Morgan fingerprint density at radius 3 is 2.75 bits per heavy atom. The van der Waals surface area contributed by atoms with Crippen LogP contribution in [-0.4, -0.2) is 24.5 Å².